The molecule has 1 aliphatic rings. The Kier molecular flexibility index (Phi) is 12.8. The quantitative estimate of drug-likeness (QED) is 0.297. The van der Waals surface area contributed by atoms with Crippen LogP contribution in [0.1, 0.15) is 28.6 Å². The number of hydrogen-bond donors (Lipinski definition) is 2. The summed E-state index contributed by atoms with van der Waals surface area (Å²) in [5.41, 5.74) is 3.15. The Morgan fingerprint density at radius 2 is 1.41 bits per heavy atom. The van der Waals surface area contributed by atoms with Gasteiger partial charge in [0.05, 0.1) is 17.8 Å². The molecule has 9 heteroatoms. The molecule has 2 amide bonds. The molecule has 2 N–H and O–H groups in total. The lowest BCUT2D eigenvalue weighted by Gasteiger charge is -2.25. The lowest BCUT2D eigenvalue weighted by atomic mass is 10.1. The predicted molar refractivity (Wildman–Crippen MR) is 191 cm³/mol. The van der Waals surface area contributed by atoms with Crippen molar-refractivity contribution in [1.82, 2.24) is 9.78 Å². The average Bonchev–Trinajstić information content (AvgIpc) is 3.67. The first kappa shape index (κ1) is 35.7. The lowest BCUT2D eigenvalue weighted by Crippen LogP contribution is -2.43. The minimum Gasteiger partial charge on any atom is -0.481 e. The van der Waals surface area contributed by atoms with Crippen molar-refractivity contribution in [2.45, 2.75) is 32.7 Å². The summed E-state index contributed by atoms with van der Waals surface area (Å²) in [6, 6.07) is 12.5. The molecule has 0 saturated carbocycles. The van der Waals surface area contributed by atoms with Gasteiger partial charge in [-0.15, -0.1) is 6.42 Å². The molecule has 1 aliphatic heterocycles. The molecule has 2 heterocycles. The van der Waals surface area contributed by atoms with E-state index in [0.29, 0.717) is 35.6 Å². The summed E-state index contributed by atoms with van der Waals surface area (Å²) < 4.78 is 6.83. The zero-order valence-electron chi connectivity index (χ0n) is 27.3. The Balaban J connectivity index is 1.49. The summed E-state index contributed by atoms with van der Waals surface area (Å²) in [5, 5.41) is 16.7. The number of terminal acetylenes is 1. The van der Waals surface area contributed by atoms with E-state index in [0.717, 1.165) is 5.56 Å². The fourth-order valence-corrected chi connectivity index (χ4v) is 4.81. The molecule has 0 spiro atoms. The number of carboxylic acids is 1. The second-order valence-corrected chi connectivity index (χ2v) is 10.1. The topological polar surface area (TPSA) is 114 Å². The van der Waals surface area contributed by atoms with Crippen LogP contribution in [0.15, 0.2) is 48.5 Å². The van der Waals surface area contributed by atoms with Crippen molar-refractivity contribution >= 4 is 29.2 Å². The Morgan fingerprint density at radius 1 is 0.843 bits per heavy atom. The number of nitrogens with one attached hydrogen (secondary N) is 1. The van der Waals surface area contributed by atoms with Gasteiger partial charge in [-0.1, -0.05) is 30.3 Å². The fourth-order valence-electron chi connectivity index (χ4n) is 4.81. The summed E-state index contributed by atoms with van der Waals surface area (Å²) in [4.78, 5) is 41.2. The second kappa shape index (κ2) is 18.3. The first-order valence-electron chi connectivity index (χ1n) is 15.0. The highest BCUT2D eigenvalue weighted by atomic mass is 16.5. The minimum atomic E-state index is -1.46. The van der Waals surface area contributed by atoms with Crippen LogP contribution in [0, 0.1) is 121 Å². The monoisotopic (exact) mass is 664 g/mol. The minimum absolute atomic E-state index is 0.197. The molecule has 3 aromatic rings. The Morgan fingerprint density at radius 3 is 2.04 bits per heavy atom. The maximum atomic E-state index is 14.1. The number of rotatable bonds is 7. The van der Waals surface area contributed by atoms with Crippen LogP contribution in [0.4, 0.5) is 11.4 Å². The fraction of sp³-hybridized carbons (Fsp3) is 0.143. The van der Waals surface area contributed by atoms with Crippen LogP contribution in [0.25, 0.3) is 0 Å². The number of carboxylic acid groups (broad SMARTS) is 1. The van der Waals surface area contributed by atoms with Crippen LogP contribution in [0.2, 0.25) is 0 Å². The number of amides is 2. The number of nitrogens with zero attached hydrogens (tertiary/aromatic N) is 3. The molecular weight excluding hydrogens is 640 g/mol. The van der Waals surface area contributed by atoms with E-state index in [1.54, 1.807) is 43.0 Å². The lowest BCUT2D eigenvalue weighted by molar-refractivity contribution is -0.136. The number of benzene rings is 2. The van der Waals surface area contributed by atoms with Crippen LogP contribution in [-0.2, 0) is 27.2 Å². The van der Waals surface area contributed by atoms with E-state index in [-0.39, 0.29) is 17.9 Å². The predicted octanol–water partition coefficient (Wildman–Crippen LogP) is 2.89. The Bertz CT molecular complexity index is 2480. The third-order valence-electron chi connectivity index (χ3n) is 6.99. The van der Waals surface area contributed by atoms with Gasteiger partial charge in [-0.05, 0) is 91.4 Å². The van der Waals surface area contributed by atoms with Crippen LogP contribution in [0.3, 0.4) is 0 Å². The normalized spacial score (nSPS) is 10.2. The maximum absolute atomic E-state index is 14.1. The van der Waals surface area contributed by atoms with Gasteiger partial charge in [0.15, 0.2) is 5.75 Å². The number of carbonyl (C=O) groups excluding carboxylic acids is 2. The molecule has 242 valence electrons. The van der Waals surface area contributed by atoms with Gasteiger partial charge in [0.25, 0.3) is 11.8 Å². The molecule has 1 aromatic heterocycles. The van der Waals surface area contributed by atoms with Crippen molar-refractivity contribution in [2.24, 2.45) is 0 Å². The second-order valence-electron chi connectivity index (χ2n) is 10.1. The van der Waals surface area contributed by atoms with Gasteiger partial charge in [0.1, 0.15) is 6.11 Å². The van der Waals surface area contributed by atoms with Crippen LogP contribution < -0.4 is 15.0 Å². The highest BCUT2D eigenvalue weighted by molar-refractivity contribution is 6.14. The smallest absolute Gasteiger partial charge is 0.307 e. The number of para-hydroxylation sites is 3. The average molecular weight is 665 g/mol. The van der Waals surface area contributed by atoms with E-state index in [2.05, 4.69) is 111 Å². The van der Waals surface area contributed by atoms with Crippen LogP contribution in [-0.4, -0.2) is 39.2 Å². The van der Waals surface area contributed by atoms with Crippen molar-refractivity contribution in [3.05, 3.63) is 71.0 Å². The van der Waals surface area contributed by atoms with Gasteiger partial charge >= 0.3 is 5.97 Å². The molecule has 1 unspecified atom stereocenters. The molecule has 1 atom stereocenters. The number of ether oxygens (including phenoxy) is 1. The first-order valence-corrected chi connectivity index (χ1v) is 15.0. The number of aliphatic carboxylic acids is 1. The third kappa shape index (κ3) is 9.94. The van der Waals surface area contributed by atoms with Gasteiger partial charge in [0.2, 0.25) is 6.04 Å². The number of hydrogen-bond acceptors (Lipinski definition) is 5. The Hall–Kier alpha value is -8.10. The first-order chi connectivity index (χ1) is 24.8. The maximum Gasteiger partial charge on any atom is 0.307 e. The summed E-state index contributed by atoms with van der Waals surface area (Å²) in [5.74, 6) is 37.2. The van der Waals surface area contributed by atoms with Crippen molar-refractivity contribution in [2.75, 3.05) is 16.8 Å². The zero-order chi connectivity index (χ0) is 36.4. The number of fused-ring (bicyclic) bond motifs is 1. The van der Waals surface area contributed by atoms with E-state index < -0.39 is 23.8 Å². The molecule has 51 heavy (non-hydrogen) atoms. The Labute approximate surface area is 296 Å². The van der Waals surface area contributed by atoms with Crippen molar-refractivity contribution in [1.29, 1.82) is 0 Å². The van der Waals surface area contributed by atoms with E-state index in [1.165, 1.54) is 4.68 Å². The molecular formula is C42H24N4O5. The molecule has 0 aliphatic carbocycles. The SMILES string of the molecule is C#CC#CC#CC#CC#CC#CC#CC#CC#COc1ccccc1NC(=O)C(C(=O)N1CCc2ccccc21)n1nc(C)c(CC(=O)O)c1C. The molecule has 0 fully saturated rings. The van der Waals surface area contributed by atoms with E-state index in [1.807, 2.05) is 24.3 Å². The van der Waals surface area contributed by atoms with Crippen molar-refractivity contribution < 1.29 is 24.2 Å². The van der Waals surface area contributed by atoms with Crippen molar-refractivity contribution in [3.63, 3.8) is 0 Å². The molecule has 0 radical (unpaired) electrons. The number of aromatic nitrogens is 2. The summed E-state index contributed by atoms with van der Waals surface area (Å²) in [7, 11) is 0. The third-order valence-corrected chi connectivity index (χ3v) is 6.99. The van der Waals surface area contributed by atoms with E-state index in [4.69, 9.17) is 11.2 Å². The van der Waals surface area contributed by atoms with Crippen LogP contribution in [0.5, 0.6) is 5.75 Å². The largest absolute Gasteiger partial charge is 0.481 e. The molecule has 2 aromatic carbocycles. The molecule has 4 rings (SSSR count). The molecule has 0 bridgehead atoms. The zero-order valence-corrected chi connectivity index (χ0v) is 27.3. The molecule has 9 nitrogen and oxygen atoms in total. The summed E-state index contributed by atoms with van der Waals surface area (Å²) in [6.45, 7) is 3.65. The van der Waals surface area contributed by atoms with Gasteiger partial charge in [-0.3, -0.25) is 14.4 Å². The van der Waals surface area contributed by atoms with Gasteiger partial charge in [0, 0.05) is 70.9 Å². The number of aryl methyl sites for hydroxylation is 1. The van der Waals surface area contributed by atoms with E-state index >= 15 is 0 Å². The van der Waals surface area contributed by atoms with Crippen LogP contribution >= 0.6 is 0 Å². The van der Waals surface area contributed by atoms with Gasteiger partial charge in [-0.2, -0.15) is 5.10 Å². The van der Waals surface area contributed by atoms with Crippen molar-refractivity contribution in [3.8, 4) is 113 Å². The highest BCUT2D eigenvalue weighted by Crippen LogP contribution is 2.32. The number of anilines is 2. The standard InChI is InChI=1S/C42H24N4O5/c1-4-5-6-7-8-9-10-11-12-13-14-15-16-17-18-23-30-51-38-27-22-20-25-36(38)43-41(49)40(46-33(3)35(31-39(47)48)32(2)44-46)42(50)45-29-28-34-24-19-21-26-37(34)45/h1,19-22,24-27,40H,28-29,31H2,2-3H3,(H,43,49)(H,47,48). The van der Waals surface area contributed by atoms with Gasteiger partial charge in [-0.25, -0.2) is 4.68 Å². The summed E-state index contributed by atoms with van der Waals surface area (Å²) >= 11 is 0. The highest BCUT2D eigenvalue weighted by Gasteiger charge is 2.38. The number of carbonyl (C=O) groups is 3. The van der Waals surface area contributed by atoms with E-state index in [9.17, 15) is 19.5 Å². The summed E-state index contributed by atoms with van der Waals surface area (Å²) in [6.07, 6.45) is 7.73. The van der Waals surface area contributed by atoms with Gasteiger partial charge < -0.3 is 20.1 Å². The molecule has 0 saturated heterocycles.